The van der Waals surface area contributed by atoms with Crippen LogP contribution in [0.4, 0.5) is 16.4 Å². The molecule has 1 nitrogen and oxygen atoms in total. The third kappa shape index (κ3) is 7.21. The van der Waals surface area contributed by atoms with E-state index >= 15 is 0 Å². The molecule has 1 heterocycles. The first-order valence-corrected chi connectivity index (χ1v) is 23.7. The molecule has 65 heavy (non-hydrogen) atoms. The minimum Gasteiger partial charge on any atom is -0.302 e. The Morgan fingerprint density at radius 1 is 0.415 bits per heavy atom. The quantitative estimate of drug-likeness (QED) is 0.117. The molecule has 1 aromatic heterocycles. The predicted octanol–water partition coefficient (Wildman–Crippen LogP) is 18.3. The molecular formula is C63H49NS. The lowest BCUT2D eigenvalue weighted by Gasteiger charge is -2.31. The number of hydrogen-bond donors (Lipinski definition) is 0. The van der Waals surface area contributed by atoms with Crippen LogP contribution in [0, 0.1) is 0 Å². The lowest BCUT2D eigenvalue weighted by Crippen LogP contribution is -2.23. The summed E-state index contributed by atoms with van der Waals surface area (Å²) in [7, 11) is 0. The normalized spacial score (nSPS) is 12.6. The van der Waals surface area contributed by atoms with Gasteiger partial charge in [0.15, 0.2) is 0 Å². The van der Waals surface area contributed by atoms with E-state index in [2.05, 4.69) is 255 Å². The van der Waals surface area contributed by atoms with E-state index in [1.54, 1.807) is 0 Å². The van der Waals surface area contributed by atoms with E-state index in [1.807, 2.05) is 11.3 Å². The van der Waals surface area contributed by atoms with E-state index in [0.29, 0.717) is 0 Å². The summed E-state index contributed by atoms with van der Waals surface area (Å²) in [5.74, 6) is 0. The van der Waals surface area contributed by atoms with Crippen molar-refractivity contribution >= 4 is 50.0 Å². The van der Waals surface area contributed by atoms with E-state index in [9.17, 15) is 0 Å². The van der Waals surface area contributed by atoms with Crippen LogP contribution in [0.25, 0.3) is 77.9 Å². The summed E-state index contributed by atoms with van der Waals surface area (Å²) >= 11 is 1.85. The lowest BCUT2D eigenvalue weighted by atomic mass is 9.73. The van der Waals surface area contributed by atoms with E-state index in [4.69, 9.17) is 0 Å². The van der Waals surface area contributed by atoms with Gasteiger partial charge in [-0.05, 0) is 139 Å². The van der Waals surface area contributed by atoms with Crippen molar-refractivity contribution in [2.24, 2.45) is 0 Å². The van der Waals surface area contributed by atoms with Gasteiger partial charge < -0.3 is 4.90 Å². The average Bonchev–Trinajstić information content (AvgIpc) is 3.93. The summed E-state index contributed by atoms with van der Waals surface area (Å²) in [5, 5.41) is 2.49. The molecule has 0 saturated carbocycles. The Morgan fingerprint density at radius 2 is 0.938 bits per heavy atom. The second-order valence-electron chi connectivity index (χ2n) is 17.1. The number of rotatable bonds is 11. The maximum Gasteiger partial charge on any atom is 0.101 e. The molecule has 0 radical (unpaired) electrons. The Labute approximate surface area is 387 Å². The first-order chi connectivity index (χ1) is 32.1. The van der Waals surface area contributed by atoms with Crippen molar-refractivity contribution in [2.75, 3.05) is 4.90 Å². The highest BCUT2D eigenvalue weighted by Crippen LogP contribution is 2.55. The number of fused-ring (bicyclic) bond motifs is 4. The fraction of sp³-hybridized carbons (Fsp3) is 0.0794. The van der Waals surface area contributed by atoms with Crippen molar-refractivity contribution < 1.29 is 0 Å². The van der Waals surface area contributed by atoms with Crippen LogP contribution < -0.4 is 4.90 Å². The highest BCUT2D eigenvalue weighted by molar-refractivity contribution is 7.23. The first-order valence-electron chi connectivity index (χ1n) is 22.9. The highest BCUT2D eigenvalue weighted by atomic mass is 32.1. The summed E-state index contributed by atoms with van der Waals surface area (Å²) in [6.45, 7) is 4.74. The van der Waals surface area contributed by atoms with Crippen LogP contribution >= 0.6 is 11.3 Å². The molecule has 9 aromatic carbocycles. The zero-order valence-corrected chi connectivity index (χ0v) is 37.6. The monoisotopic (exact) mass is 851 g/mol. The third-order valence-electron chi connectivity index (χ3n) is 13.6. The van der Waals surface area contributed by atoms with E-state index in [0.717, 1.165) is 18.5 Å². The maximum absolute atomic E-state index is 2.49. The Hall–Kier alpha value is -7.52. The summed E-state index contributed by atoms with van der Waals surface area (Å²) in [6.07, 6.45) is 6.72. The van der Waals surface area contributed by atoms with Gasteiger partial charge in [0.05, 0.1) is 0 Å². The lowest BCUT2D eigenvalue weighted by molar-refractivity contribution is 0.490. The van der Waals surface area contributed by atoms with Crippen LogP contribution in [0.15, 0.2) is 224 Å². The van der Waals surface area contributed by atoms with E-state index < -0.39 is 0 Å². The number of anilines is 3. The van der Waals surface area contributed by atoms with Crippen LogP contribution in [0.5, 0.6) is 0 Å². The molecule has 0 amide bonds. The summed E-state index contributed by atoms with van der Waals surface area (Å²) in [5.41, 5.74) is 19.8. The van der Waals surface area contributed by atoms with Crippen molar-refractivity contribution in [3.63, 3.8) is 0 Å². The third-order valence-corrected chi connectivity index (χ3v) is 14.7. The molecule has 312 valence electrons. The Balaban J connectivity index is 1.06. The fourth-order valence-corrected chi connectivity index (χ4v) is 11.5. The first kappa shape index (κ1) is 40.3. The van der Waals surface area contributed by atoms with Gasteiger partial charge in [0.2, 0.25) is 0 Å². The van der Waals surface area contributed by atoms with Crippen LogP contribution in [0.1, 0.15) is 48.9 Å². The van der Waals surface area contributed by atoms with Crippen LogP contribution in [-0.2, 0) is 5.41 Å². The zero-order chi connectivity index (χ0) is 43.7. The molecular weight excluding hydrogens is 803 g/mol. The number of nitrogens with zero attached hydrogens (tertiary/aromatic N) is 1. The van der Waals surface area contributed by atoms with Crippen molar-refractivity contribution in [2.45, 2.75) is 32.1 Å². The highest BCUT2D eigenvalue weighted by Gasteiger charge is 2.41. The van der Waals surface area contributed by atoms with Gasteiger partial charge in [-0.15, -0.1) is 11.3 Å². The predicted molar refractivity (Wildman–Crippen MR) is 280 cm³/mol. The van der Waals surface area contributed by atoms with Gasteiger partial charge in [0.25, 0.3) is 0 Å². The molecule has 0 unspecified atom stereocenters. The Bertz CT molecular complexity index is 3280. The minimum atomic E-state index is -0.124. The minimum absolute atomic E-state index is 0.124. The molecule has 1 aliphatic rings. The topological polar surface area (TPSA) is 3.24 Å². The number of benzene rings is 9. The number of hydrogen-bond acceptors (Lipinski definition) is 2. The maximum atomic E-state index is 2.49. The zero-order valence-electron chi connectivity index (χ0n) is 36.8. The largest absolute Gasteiger partial charge is 0.302 e. The molecule has 0 N–H and O–H groups in total. The van der Waals surface area contributed by atoms with Gasteiger partial charge in [-0.2, -0.15) is 0 Å². The van der Waals surface area contributed by atoms with Gasteiger partial charge in [-0.1, -0.05) is 208 Å². The molecule has 2 heteroatoms. The second kappa shape index (κ2) is 17.2. The van der Waals surface area contributed by atoms with Gasteiger partial charge in [0, 0.05) is 21.5 Å². The summed E-state index contributed by atoms with van der Waals surface area (Å²) in [6, 6.07) is 82.4. The molecule has 0 bridgehead atoms. The van der Waals surface area contributed by atoms with Gasteiger partial charge in [-0.3, -0.25) is 0 Å². The fourth-order valence-electron chi connectivity index (χ4n) is 10.4. The van der Waals surface area contributed by atoms with Crippen LogP contribution in [0.2, 0.25) is 0 Å². The summed E-state index contributed by atoms with van der Waals surface area (Å²) in [4.78, 5) is 2.44. The Morgan fingerprint density at radius 3 is 1.55 bits per heavy atom. The Kier molecular flexibility index (Phi) is 10.7. The molecule has 0 saturated heterocycles. The van der Waals surface area contributed by atoms with Crippen molar-refractivity contribution in [3.05, 3.63) is 247 Å². The van der Waals surface area contributed by atoms with E-state index in [-0.39, 0.29) is 5.41 Å². The SMILES string of the molecule is CCC1(CC)c2cc(C=Cc3cc(-c4ccccc4)c(-c4ccccc4)c(-c4ccccc4)c3-c3ccccc3)ccc2-c2ccc(N(c3ccccc3)c3cc4ccccc4s3)cc21. The van der Waals surface area contributed by atoms with Gasteiger partial charge in [0.1, 0.15) is 5.00 Å². The molecule has 0 atom stereocenters. The molecule has 0 fully saturated rings. The molecule has 1 aliphatic carbocycles. The van der Waals surface area contributed by atoms with Crippen LogP contribution in [0.3, 0.4) is 0 Å². The standard InChI is InChI=1S/C63H49NS/c1-3-63(4-2)56-40-44(35-38-53(56)54-39-37-52(43-57(54)63)64(51-31-18-9-19-32-51)59-42-49-30-20-21-33-58(49)65-59)34-36-50-41-55(45-22-10-5-11-23-45)61(47-26-14-7-15-27-47)62(48-28-16-8-17-29-48)60(50)46-24-12-6-13-25-46/h5-43H,3-4H2,1-2H3. The van der Waals surface area contributed by atoms with Crippen molar-refractivity contribution in [1.29, 1.82) is 0 Å². The molecule has 11 rings (SSSR count). The smallest absolute Gasteiger partial charge is 0.101 e. The number of para-hydroxylation sites is 1. The van der Waals surface area contributed by atoms with Gasteiger partial charge in [-0.25, -0.2) is 0 Å². The second-order valence-corrected chi connectivity index (χ2v) is 18.1. The van der Waals surface area contributed by atoms with Crippen LogP contribution in [-0.4, -0.2) is 0 Å². The van der Waals surface area contributed by atoms with E-state index in [1.165, 1.54) is 98.7 Å². The summed E-state index contributed by atoms with van der Waals surface area (Å²) < 4.78 is 1.30. The van der Waals surface area contributed by atoms with Gasteiger partial charge >= 0.3 is 0 Å². The number of thiophene rings is 1. The average molecular weight is 852 g/mol. The van der Waals surface area contributed by atoms with Crippen molar-refractivity contribution in [3.8, 4) is 55.6 Å². The molecule has 0 spiro atoms. The molecule has 10 aromatic rings. The van der Waals surface area contributed by atoms with Crippen molar-refractivity contribution in [1.82, 2.24) is 0 Å². The molecule has 0 aliphatic heterocycles.